The number of hydrogen-bond donors (Lipinski definition) is 2. The molecule has 14 heteroatoms. The quantitative estimate of drug-likeness (QED) is 0.268. The number of aliphatic hydroxyl groups excluding tert-OH is 1. The molecule has 0 aliphatic carbocycles. The molecule has 0 radical (unpaired) electrons. The van der Waals surface area contributed by atoms with Crippen molar-refractivity contribution in [3.05, 3.63) is 58.6 Å². The highest BCUT2D eigenvalue weighted by Crippen LogP contribution is 2.59. The Morgan fingerprint density at radius 1 is 1.04 bits per heavy atom. The van der Waals surface area contributed by atoms with Gasteiger partial charge in [-0.25, -0.2) is 0 Å². The Bertz CT molecular complexity index is 1520. The lowest BCUT2D eigenvalue weighted by Crippen LogP contribution is -2.59. The number of halogens is 1. The molecule has 5 aliphatic rings. The number of benzene rings is 1. The summed E-state index contributed by atoms with van der Waals surface area (Å²) >= 11 is 3.63. The fraction of sp³-hybridized carbons (Fsp3) is 0.632. The lowest BCUT2D eigenvalue weighted by atomic mass is 9.74. The van der Waals surface area contributed by atoms with Crippen LogP contribution < -0.4 is 5.32 Å². The van der Waals surface area contributed by atoms with Gasteiger partial charge in [-0.1, -0.05) is 72.3 Å². The van der Waals surface area contributed by atoms with E-state index < -0.39 is 59.6 Å². The van der Waals surface area contributed by atoms with Crippen LogP contribution in [0.2, 0.25) is 0 Å². The Balaban J connectivity index is 1.44. The van der Waals surface area contributed by atoms with Gasteiger partial charge in [-0.05, 0) is 30.4 Å². The zero-order chi connectivity index (χ0) is 37.0. The number of fused-ring (bicyclic) bond motifs is 2. The number of likely N-dealkylation sites (tertiary alicyclic amines) is 1. The van der Waals surface area contributed by atoms with E-state index in [1.54, 1.807) is 11.0 Å². The van der Waals surface area contributed by atoms with Crippen LogP contribution in [0.1, 0.15) is 44.8 Å². The molecule has 3 amide bonds. The first-order chi connectivity index (χ1) is 25.1. The summed E-state index contributed by atoms with van der Waals surface area (Å²) < 4.78 is 24.6. The number of rotatable bonds is 10. The van der Waals surface area contributed by atoms with Crippen molar-refractivity contribution in [2.75, 3.05) is 66.3 Å². The Kier molecular flexibility index (Phi) is 12.5. The molecule has 3 fully saturated rings. The van der Waals surface area contributed by atoms with E-state index >= 15 is 4.79 Å². The van der Waals surface area contributed by atoms with Crippen molar-refractivity contribution in [3.8, 4) is 0 Å². The van der Waals surface area contributed by atoms with Gasteiger partial charge in [-0.3, -0.25) is 24.1 Å². The molecular formula is C38H51BrN4O9. The van der Waals surface area contributed by atoms with Crippen LogP contribution in [-0.2, 0) is 38.1 Å². The van der Waals surface area contributed by atoms with Gasteiger partial charge < -0.3 is 39.2 Å². The number of carbonyl (C=O) groups excluding carboxylic acids is 4. The standard InChI is InChI=1S/C38H51BrN4O9/c1-24(2)20-26(22-44)43-34-36(47)42(15-14-41-16-18-50-19-17-41)13-9-5-8-12-29(45)40-28(23-49-3)32(25-10-6-4-7-11-25)51-37(48)30-31(35(43)46)38(34)21-27(39)33(30)52-38/h4-7,9-11,21,24,26,28,30-34,44H,8,12-20,22-23H2,1-3H3,(H,40,45)/b9-5-/t26-,28+,30-,31+,32+,33-,34-,38+/m1/s1. The average molecular weight is 788 g/mol. The fourth-order valence-corrected chi connectivity index (χ4v) is 9.13. The van der Waals surface area contributed by atoms with Crippen LogP contribution >= 0.6 is 15.9 Å². The van der Waals surface area contributed by atoms with Gasteiger partial charge in [0.05, 0.1) is 44.4 Å². The molecular weight excluding hydrogens is 736 g/mol. The number of methoxy groups -OCH3 is 1. The molecule has 6 rings (SSSR count). The van der Waals surface area contributed by atoms with Crippen molar-refractivity contribution >= 4 is 39.6 Å². The first kappa shape index (κ1) is 38.6. The number of nitrogens with one attached hydrogen (secondary N) is 1. The van der Waals surface area contributed by atoms with E-state index in [2.05, 4.69) is 26.1 Å². The van der Waals surface area contributed by atoms with Crippen LogP contribution in [0.3, 0.4) is 0 Å². The first-order valence-corrected chi connectivity index (χ1v) is 19.2. The molecule has 1 aromatic rings. The summed E-state index contributed by atoms with van der Waals surface area (Å²) in [6.45, 7) is 7.61. The third-order valence-corrected chi connectivity index (χ3v) is 11.5. The van der Waals surface area contributed by atoms with E-state index in [1.165, 1.54) is 12.0 Å². The van der Waals surface area contributed by atoms with Gasteiger partial charge in [-0.2, -0.15) is 0 Å². The van der Waals surface area contributed by atoms with Crippen LogP contribution in [0.25, 0.3) is 0 Å². The predicted molar refractivity (Wildman–Crippen MR) is 194 cm³/mol. The van der Waals surface area contributed by atoms with Crippen LogP contribution in [0.15, 0.2) is 53.0 Å². The van der Waals surface area contributed by atoms with Gasteiger partial charge >= 0.3 is 5.97 Å². The van der Waals surface area contributed by atoms with Gasteiger partial charge in [0.15, 0.2) is 0 Å². The zero-order valence-electron chi connectivity index (χ0n) is 30.2. The summed E-state index contributed by atoms with van der Waals surface area (Å²) in [5.74, 6) is -3.77. The van der Waals surface area contributed by atoms with E-state index in [-0.39, 0.29) is 43.9 Å². The molecule has 8 atom stereocenters. The molecule has 13 nitrogen and oxygen atoms in total. The Hall–Kier alpha value is -3.14. The molecule has 1 aromatic carbocycles. The summed E-state index contributed by atoms with van der Waals surface area (Å²) in [4.78, 5) is 63.3. The number of aliphatic hydroxyl groups is 1. The second-order valence-corrected chi connectivity index (χ2v) is 15.6. The van der Waals surface area contributed by atoms with Gasteiger partial charge in [0, 0.05) is 50.7 Å². The van der Waals surface area contributed by atoms with Crippen molar-refractivity contribution in [2.45, 2.75) is 69.0 Å². The van der Waals surface area contributed by atoms with Gasteiger partial charge in [0.1, 0.15) is 29.8 Å². The maximum absolute atomic E-state index is 15.1. The number of cyclic esters (lactones) is 1. The second-order valence-electron chi connectivity index (χ2n) is 14.7. The number of ether oxygens (including phenoxy) is 4. The van der Waals surface area contributed by atoms with Crippen molar-refractivity contribution in [1.29, 1.82) is 0 Å². The molecule has 3 saturated heterocycles. The zero-order valence-corrected chi connectivity index (χ0v) is 31.7. The smallest absolute Gasteiger partial charge is 0.313 e. The van der Waals surface area contributed by atoms with Crippen molar-refractivity contribution in [3.63, 3.8) is 0 Å². The Morgan fingerprint density at radius 2 is 1.79 bits per heavy atom. The number of hydrogen-bond acceptors (Lipinski definition) is 10. The average Bonchev–Trinajstić information content (AvgIpc) is 3.73. The molecule has 5 aliphatic heterocycles. The van der Waals surface area contributed by atoms with Crippen LogP contribution in [0.4, 0.5) is 0 Å². The van der Waals surface area contributed by atoms with Gasteiger partial charge in [-0.15, -0.1) is 0 Å². The third kappa shape index (κ3) is 7.74. The SMILES string of the molecule is COC[C@@H]1NC(=O)CC/C=C\CN(CCN2CCOCC2)C(=O)[C@H]2N([C@@H](CO)CC(C)C)C(=O)[C@@H]3[C@@H](C(=O)O[C@H]1c1ccccc1)[C@@H]1O[C@@]32C=C1Br. The highest BCUT2D eigenvalue weighted by atomic mass is 79.9. The third-order valence-electron chi connectivity index (χ3n) is 10.8. The summed E-state index contributed by atoms with van der Waals surface area (Å²) in [5.41, 5.74) is -0.840. The highest BCUT2D eigenvalue weighted by Gasteiger charge is 2.75. The predicted octanol–water partition coefficient (Wildman–Crippen LogP) is 2.19. The van der Waals surface area contributed by atoms with Crippen molar-refractivity contribution in [1.82, 2.24) is 20.0 Å². The van der Waals surface area contributed by atoms with Gasteiger partial charge in [0.2, 0.25) is 17.7 Å². The maximum Gasteiger partial charge on any atom is 0.313 e. The number of amides is 3. The first-order valence-electron chi connectivity index (χ1n) is 18.4. The minimum Gasteiger partial charge on any atom is -0.455 e. The number of esters is 1. The molecule has 52 heavy (non-hydrogen) atoms. The summed E-state index contributed by atoms with van der Waals surface area (Å²) in [6, 6.07) is 6.55. The molecule has 1 spiro atoms. The van der Waals surface area contributed by atoms with E-state index in [4.69, 9.17) is 18.9 Å². The normalized spacial score (nSPS) is 32.8. The van der Waals surface area contributed by atoms with E-state index in [0.717, 1.165) is 13.1 Å². The van der Waals surface area contributed by atoms with E-state index in [9.17, 15) is 19.5 Å². The monoisotopic (exact) mass is 786 g/mol. The Morgan fingerprint density at radius 3 is 2.48 bits per heavy atom. The minimum atomic E-state index is -1.48. The number of allylic oxidation sites excluding steroid dienone is 1. The Labute approximate surface area is 313 Å². The summed E-state index contributed by atoms with van der Waals surface area (Å²) in [5, 5.41) is 13.8. The second kappa shape index (κ2) is 16.9. The van der Waals surface area contributed by atoms with E-state index in [0.29, 0.717) is 49.2 Å². The number of carbonyl (C=O) groups is 4. The number of morpholine rings is 1. The minimum absolute atomic E-state index is 0.0603. The maximum atomic E-state index is 15.1. The highest BCUT2D eigenvalue weighted by molar-refractivity contribution is 9.11. The number of nitrogens with zero attached hydrogens (tertiary/aromatic N) is 3. The summed E-state index contributed by atoms with van der Waals surface area (Å²) in [7, 11) is 1.51. The molecule has 5 heterocycles. The van der Waals surface area contributed by atoms with Crippen LogP contribution in [0.5, 0.6) is 0 Å². The lowest BCUT2D eigenvalue weighted by Gasteiger charge is -2.39. The van der Waals surface area contributed by atoms with Crippen LogP contribution in [0, 0.1) is 17.8 Å². The molecule has 5 bridgehead atoms. The largest absolute Gasteiger partial charge is 0.455 e. The fourth-order valence-electron chi connectivity index (χ4n) is 8.40. The van der Waals surface area contributed by atoms with E-state index in [1.807, 2.05) is 56.3 Å². The van der Waals surface area contributed by atoms with Crippen LogP contribution in [-0.4, -0.2) is 140 Å². The lowest BCUT2D eigenvalue weighted by molar-refractivity contribution is -0.163. The topological polar surface area (TPSA) is 147 Å². The molecule has 0 saturated carbocycles. The molecule has 2 N–H and O–H groups in total. The molecule has 0 unspecified atom stereocenters. The van der Waals surface area contributed by atoms with Crippen molar-refractivity contribution < 1.29 is 43.2 Å². The molecule has 0 aromatic heterocycles. The van der Waals surface area contributed by atoms with Crippen molar-refractivity contribution in [2.24, 2.45) is 17.8 Å². The molecule has 284 valence electrons. The summed E-state index contributed by atoms with van der Waals surface area (Å²) in [6.07, 6.45) is 4.75. The van der Waals surface area contributed by atoms with Gasteiger partial charge in [0.25, 0.3) is 0 Å².